The van der Waals surface area contributed by atoms with E-state index >= 15 is 0 Å². The molecule has 2 aromatic heterocycles. The van der Waals surface area contributed by atoms with Gasteiger partial charge in [-0.3, -0.25) is 9.36 Å². The van der Waals surface area contributed by atoms with Gasteiger partial charge in [0.2, 0.25) is 17.7 Å². The third-order valence-corrected chi connectivity index (χ3v) is 5.20. The summed E-state index contributed by atoms with van der Waals surface area (Å²) in [5, 5.41) is 3.70. The van der Waals surface area contributed by atoms with Gasteiger partial charge in [-0.25, -0.2) is 4.98 Å². The molecular weight excluding hydrogens is 400 g/mol. The predicted molar refractivity (Wildman–Crippen MR) is 111 cm³/mol. The van der Waals surface area contributed by atoms with E-state index in [4.69, 9.17) is 21.1 Å². The number of ether oxygens (including phenoxy) is 2. The Morgan fingerprint density at radius 1 is 1.21 bits per heavy atom. The van der Waals surface area contributed by atoms with Crippen LogP contribution in [0.25, 0.3) is 0 Å². The number of rotatable bonds is 7. The summed E-state index contributed by atoms with van der Waals surface area (Å²) >= 11 is 7.36. The monoisotopic (exact) mass is 418 g/mol. The lowest BCUT2D eigenvalue weighted by atomic mass is 10.3. The molecule has 0 saturated carbocycles. The molecule has 0 saturated heterocycles. The Labute approximate surface area is 171 Å². The van der Waals surface area contributed by atoms with E-state index < -0.39 is 0 Å². The average molecular weight is 419 g/mol. The van der Waals surface area contributed by atoms with Crippen LogP contribution in [0.5, 0.6) is 11.8 Å². The molecule has 2 heterocycles. The fourth-order valence-corrected chi connectivity index (χ4v) is 3.55. The number of hydrogen-bond acceptors (Lipinski definition) is 7. The molecule has 0 atom stereocenters. The van der Waals surface area contributed by atoms with E-state index in [1.807, 2.05) is 18.2 Å². The molecular formula is C19H19ClN4O3S. The van der Waals surface area contributed by atoms with Gasteiger partial charge in [0.1, 0.15) is 0 Å². The zero-order valence-corrected chi connectivity index (χ0v) is 17.2. The Kier molecular flexibility index (Phi) is 6.43. The summed E-state index contributed by atoms with van der Waals surface area (Å²) < 4.78 is 11.9. The molecule has 1 aromatic carbocycles. The lowest BCUT2D eigenvalue weighted by Gasteiger charge is -2.12. The third-order valence-electron chi connectivity index (χ3n) is 3.92. The summed E-state index contributed by atoms with van der Waals surface area (Å²) in [5.41, 5.74) is 1.46. The minimum atomic E-state index is -0.148. The van der Waals surface area contributed by atoms with E-state index in [9.17, 15) is 4.79 Å². The second kappa shape index (κ2) is 8.99. The van der Waals surface area contributed by atoms with Crippen LogP contribution in [0, 0.1) is 0 Å². The zero-order chi connectivity index (χ0) is 20.1. The normalized spacial score (nSPS) is 10.6. The Hall–Kier alpha value is -2.71. The smallest absolute Gasteiger partial charge is 0.268 e. The number of aromatic nitrogens is 3. The Balaban J connectivity index is 1.77. The van der Waals surface area contributed by atoms with Crippen molar-refractivity contribution in [2.75, 3.05) is 19.5 Å². The fraction of sp³-hybridized carbons (Fsp3) is 0.211. The first-order valence-corrected chi connectivity index (χ1v) is 9.67. The maximum Gasteiger partial charge on any atom is 0.268 e. The highest BCUT2D eigenvalue weighted by Crippen LogP contribution is 2.27. The Morgan fingerprint density at radius 2 is 2.04 bits per heavy atom. The molecule has 0 radical (unpaired) electrons. The maximum atomic E-state index is 12.7. The van der Waals surface area contributed by atoms with Crippen molar-refractivity contribution in [1.29, 1.82) is 0 Å². The summed E-state index contributed by atoms with van der Waals surface area (Å²) in [7, 11) is 4.76. The van der Waals surface area contributed by atoms with Crippen LogP contribution >= 0.6 is 23.4 Å². The lowest BCUT2D eigenvalue weighted by molar-refractivity contribution is 0.362. The number of nitrogens with one attached hydrogen (secondary N) is 1. The lowest BCUT2D eigenvalue weighted by Crippen LogP contribution is -2.22. The van der Waals surface area contributed by atoms with Gasteiger partial charge in [0, 0.05) is 35.1 Å². The predicted octanol–water partition coefficient (Wildman–Crippen LogP) is 3.88. The number of halogens is 1. The summed E-state index contributed by atoms with van der Waals surface area (Å²) in [5.74, 6) is 1.88. The molecule has 1 N–H and O–H groups in total. The first-order chi connectivity index (χ1) is 13.5. The first-order valence-electron chi connectivity index (χ1n) is 8.31. The highest BCUT2D eigenvalue weighted by atomic mass is 35.5. The number of thioether (sulfide) groups is 1. The van der Waals surface area contributed by atoms with Crippen LogP contribution in [0.3, 0.4) is 0 Å². The molecule has 0 amide bonds. The van der Waals surface area contributed by atoms with Gasteiger partial charge in [0.25, 0.3) is 5.56 Å². The van der Waals surface area contributed by atoms with Crippen molar-refractivity contribution in [3.63, 3.8) is 0 Å². The van der Waals surface area contributed by atoms with Gasteiger partial charge in [-0.15, -0.1) is 11.8 Å². The van der Waals surface area contributed by atoms with Gasteiger partial charge >= 0.3 is 0 Å². The average Bonchev–Trinajstić information content (AvgIpc) is 2.71. The molecule has 0 aliphatic rings. The number of anilines is 2. The van der Waals surface area contributed by atoms with Crippen molar-refractivity contribution < 1.29 is 9.47 Å². The van der Waals surface area contributed by atoms with E-state index in [-0.39, 0.29) is 5.56 Å². The third kappa shape index (κ3) is 4.58. The van der Waals surface area contributed by atoms with E-state index in [1.165, 1.54) is 16.3 Å². The van der Waals surface area contributed by atoms with Gasteiger partial charge in [0.15, 0.2) is 0 Å². The molecule has 7 nitrogen and oxygen atoms in total. The molecule has 3 rings (SSSR count). The van der Waals surface area contributed by atoms with Crippen molar-refractivity contribution in [1.82, 2.24) is 14.5 Å². The van der Waals surface area contributed by atoms with Crippen LogP contribution in [-0.2, 0) is 12.8 Å². The largest absolute Gasteiger partial charge is 0.481 e. The van der Waals surface area contributed by atoms with E-state index in [2.05, 4.69) is 15.3 Å². The first kappa shape index (κ1) is 20.0. The molecule has 3 aromatic rings. The second-order valence-electron chi connectivity index (χ2n) is 5.76. The van der Waals surface area contributed by atoms with Gasteiger partial charge in [-0.2, -0.15) is 4.98 Å². The van der Waals surface area contributed by atoms with Crippen LogP contribution in [-0.4, -0.2) is 28.8 Å². The van der Waals surface area contributed by atoms with E-state index in [1.54, 1.807) is 45.7 Å². The van der Waals surface area contributed by atoms with Crippen LogP contribution in [0.1, 0.15) is 5.56 Å². The molecule has 0 spiro atoms. The van der Waals surface area contributed by atoms with Crippen molar-refractivity contribution >= 4 is 35.0 Å². The summed E-state index contributed by atoms with van der Waals surface area (Å²) in [6.07, 6.45) is 1.56. The second-order valence-corrected chi connectivity index (χ2v) is 7.21. The standard InChI is InChI=1S/C19H19ClN4O3S/c1-24-18(25)15(10-21-19(24)22-14-6-4-5-13(20)9-14)28-11-12-7-8-16(26-2)23-17(12)27-3/h4-10H,11H2,1-3H3,(H,21,22). The van der Waals surface area contributed by atoms with Gasteiger partial charge in [-0.1, -0.05) is 17.7 Å². The summed E-state index contributed by atoms with van der Waals surface area (Å²) in [6.45, 7) is 0. The number of benzene rings is 1. The van der Waals surface area contributed by atoms with Crippen LogP contribution in [0.2, 0.25) is 5.02 Å². The van der Waals surface area contributed by atoms with Gasteiger partial charge < -0.3 is 14.8 Å². The van der Waals surface area contributed by atoms with Crippen molar-refractivity contribution in [3.05, 3.63) is 63.5 Å². The minimum Gasteiger partial charge on any atom is -0.481 e. The topological polar surface area (TPSA) is 78.3 Å². The highest BCUT2D eigenvalue weighted by molar-refractivity contribution is 7.98. The summed E-state index contributed by atoms with van der Waals surface area (Å²) in [4.78, 5) is 21.8. The van der Waals surface area contributed by atoms with Gasteiger partial charge in [0.05, 0.1) is 25.3 Å². The number of methoxy groups -OCH3 is 2. The minimum absolute atomic E-state index is 0.148. The van der Waals surface area contributed by atoms with Crippen LogP contribution < -0.4 is 20.3 Å². The van der Waals surface area contributed by atoms with Gasteiger partial charge in [-0.05, 0) is 24.3 Å². The molecule has 146 valence electrons. The molecule has 0 bridgehead atoms. The summed E-state index contributed by atoms with van der Waals surface area (Å²) in [6, 6.07) is 10.8. The van der Waals surface area contributed by atoms with E-state index in [0.717, 1.165) is 11.3 Å². The maximum absolute atomic E-state index is 12.7. The Morgan fingerprint density at radius 3 is 2.75 bits per heavy atom. The van der Waals surface area contributed by atoms with Crippen LogP contribution in [0.4, 0.5) is 11.6 Å². The quantitative estimate of drug-likeness (QED) is 0.583. The number of hydrogen-bond donors (Lipinski definition) is 1. The molecule has 28 heavy (non-hydrogen) atoms. The molecule has 9 heteroatoms. The SMILES string of the molecule is COc1ccc(CSc2cnc(Nc3cccc(Cl)c3)n(C)c2=O)c(OC)n1. The van der Waals surface area contributed by atoms with Crippen molar-refractivity contribution in [2.24, 2.45) is 7.05 Å². The number of pyridine rings is 1. The van der Waals surface area contributed by atoms with Crippen molar-refractivity contribution in [3.8, 4) is 11.8 Å². The van der Waals surface area contributed by atoms with Crippen LogP contribution in [0.15, 0.2) is 52.3 Å². The molecule has 0 aliphatic heterocycles. The fourth-order valence-electron chi connectivity index (χ4n) is 2.44. The number of nitrogens with zero attached hydrogens (tertiary/aromatic N) is 3. The van der Waals surface area contributed by atoms with E-state index in [0.29, 0.717) is 33.4 Å². The Bertz CT molecular complexity index is 1040. The van der Waals surface area contributed by atoms with Crippen molar-refractivity contribution in [2.45, 2.75) is 10.6 Å². The zero-order valence-electron chi connectivity index (χ0n) is 15.6. The molecule has 0 unspecified atom stereocenters. The molecule has 0 aliphatic carbocycles. The highest BCUT2D eigenvalue weighted by Gasteiger charge is 2.12. The molecule has 0 fully saturated rings.